The quantitative estimate of drug-likeness (QED) is 0.223. The smallest absolute Gasteiger partial charge is 0.328 e. The number of nitrogens with one attached hydrogen (secondary N) is 1. The van der Waals surface area contributed by atoms with E-state index in [4.69, 9.17) is 5.11 Å². The Morgan fingerprint density at radius 3 is 2.44 bits per heavy atom. The topological polar surface area (TPSA) is 122 Å². The molecule has 1 saturated carbocycles. The van der Waals surface area contributed by atoms with Crippen LogP contribution in [-0.4, -0.2) is 43.3 Å². The molecule has 242 valence electrons. The Morgan fingerprint density at radius 2 is 1.84 bits per heavy atom. The molecule has 2 aromatic rings. The number of fused-ring (bicyclic) bond motifs is 5. The molecule has 1 fully saturated rings. The van der Waals surface area contributed by atoms with Crippen LogP contribution in [0.1, 0.15) is 106 Å². The molecular formula is C35H43F2N3O5. The summed E-state index contributed by atoms with van der Waals surface area (Å²) >= 11 is 0. The number of rotatable bonds is 7. The number of carboxylic acid groups (broad SMARTS) is 1. The number of aryl methyl sites for hydroxylation is 1. The second kappa shape index (κ2) is 12.8. The van der Waals surface area contributed by atoms with Crippen molar-refractivity contribution in [2.75, 3.05) is 5.32 Å². The predicted octanol–water partition coefficient (Wildman–Crippen LogP) is 7.11. The van der Waals surface area contributed by atoms with Crippen LogP contribution in [-0.2, 0) is 16.6 Å². The van der Waals surface area contributed by atoms with Crippen molar-refractivity contribution in [3.05, 3.63) is 82.2 Å². The molecule has 5 rings (SSSR count). The molecule has 3 N–H and O–H groups in total. The third kappa shape index (κ3) is 6.71. The van der Waals surface area contributed by atoms with Crippen LogP contribution in [0.5, 0.6) is 0 Å². The Labute approximate surface area is 262 Å². The molecule has 0 radical (unpaired) electrons. The molecule has 3 aliphatic carbocycles. The standard InChI is InChI=1S/C20H23F2N3O.C15H20O4/c1-10(2)16-12-7-8-13(16)17-11(12)5-4-6-15(17)23-20(26)14-9-25(3)24-18(14)19(21)22;1-10(7-13(17)18)5-6-15(19)11(2)8-12(16)9-14(15,3)4/h4-6,9-10,12-13,16,19H,7-8H2,1-3H3,(H,23,26);5-8,19H,9H2,1-4H3,(H,17,18)/b;6-5+,10-7-/t12-,13-,16?;15-/m01/s1. The van der Waals surface area contributed by atoms with Crippen molar-refractivity contribution in [2.45, 2.75) is 84.7 Å². The third-order valence-electron chi connectivity index (χ3n) is 9.52. The molecular weight excluding hydrogens is 580 g/mol. The minimum absolute atomic E-state index is 0.00150. The number of hydrogen-bond acceptors (Lipinski definition) is 5. The van der Waals surface area contributed by atoms with Crippen LogP contribution in [0.25, 0.3) is 0 Å². The number of nitrogens with zero attached hydrogens (tertiary/aromatic N) is 2. The number of aliphatic carboxylic acids is 1. The van der Waals surface area contributed by atoms with Crippen LogP contribution >= 0.6 is 0 Å². The van der Waals surface area contributed by atoms with Gasteiger partial charge in [-0.25, -0.2) is 13.6 Å². The second-order valence-electron chi connectivity index (χ2n) is 13.5. The van der Waals surface area contributed by atoms with Crippen molar-refractivity contribution in [2.24, 2.45) is 24.3 Å². The summed E-state index contributed by atoms with van der Waals surface area (Å²) in [6.45, 7) is 11.5. The summed E-state index contributed by atoms with van der Waals surface area (Å²) in [6.07, 6.45) is 6.81. The van der Waals surface area contributed by atoms with Gasteiger partial charge in [0, 0.05) is 36.8 Å². The third-order valence-corrected chi connectivity index (χ3v) is 9.52. The summed E-state index contributed by atoms with van der Waals surface area (Å²) in [5.41, 5.74) is 1.99. The van der Waals surface area contributed by atoms with Crippen LogP contribution in [0.4, 0.5) is 14.5 Å². The van der Waals surface area contributed by atoms with E-state index in [1.807, 2.05) is 26.0 Å². The summed E-state index contributed by atoms with van der Waals surface area (Å²) in [4.78, 5) is 34.8. The highest BCUT2D eigenvalue weighted by molar-refractivity contribution is 6.05. The molecule has 3 aliphatic rings. The van der Waals surface area contributed by atoms with Gasteiger partial charge in [-0.05, 0) is 90.9 Å². The minimum Gasteiger partial charge on any atom is -0.478 e. The lowest BCUT2D eigenvalue weighted by molar-refractivity contribution is -0.131. The molecule has 1 heterocycles. The lowest BCUT2D eigenvalue weighted by Crippen LogP contribution is -2.48. The van der Waals surface area contributed by atoms with Crippen LogP contribution in [0.2, 0.25) is 0 Å². The number of carbonyl (C=O) groups excluding carboxylic acids is 2. The zero-order valence-electron chi connectivity index (χ0n) is 26.9. The summed E-state index contributed by atoms with van der Waals surface area (Å²) < 4.78 is 27.6. The SMILES string of the molecule is CC(C)C1[C@@H]2CC[C@H]1c1cccc(NC(=O)c3cn(C)nc3C(F)F)c12.CC1=CC(=O)CC(C)(C)[C@@]1(O)/C=C/C(C)=C\C(=O)O. The molecule has 1 aromatic carbocycles. The largest absolute Gasteiger partial charge is 0.478 e. The molecule has 10 heteroatoms. The summed E-state index contributed by atoms with van der Waals surface area (Å²) in [5.74, 6) is 0.602. The molecule has 1 aromatic heterocycles. The number of halogens is 2. The fourth-order valence-corrected chi connectivity index (χ4v) is 7.47. The van der Waals surface area contributed by atoms with Gasteiger partial charge in [0.05, 0.1) is 5.56 Å². The van der Waals surface area contributed by atoms with E-state index in [1.165, 1.54) is 41.6 Å². The Kier molecular flexibility index (Phi) is 9.68. The zero-order valence-corrected chi connectivity index (χ0v) is 26.9. The van der Waals surface area contributed by atoms with E-state index in [-0.39, 0.29) is 17.8 Å². The Morgan fingerprint density at radius 1 is 1.18 bits per heavy atom. The first-order valence-corrected chi connectivity index (χ1v) is 15.3. The van der Waals surface area contributed by atoms with E-state index in [2.05, 4.69) is 30.3 Å². The van der Waals surface area contributed by atoms with Crippen molar-refractivity contribution in [1.29, 1.82) is 0 Å². The van der Waals surface area contributed by atoms with E-state index < -0.39 is 35.0 Å². The number of allylic oxidation sites excluding steroid dienone is 3. The lowest BCUT2D eigenvalue weighted by Gasteiger charge is -2.43. The van der Waals surface area contributed by atoms with E-state index in [1.54, 1.807) is 26.0 Å². The zero-order chi connectivity index (χ0) is 33.4. The number of amides is 1. The second-order valence-corrected chi connectivity index (χ2v) is 13.5. The molecule has 0 saturated heterocycles. The number of aromatic nitrogens is 2. The number of carbonyl (C=O) groups is 3. The number of hydrogen-bond donors (Lipinski definition) is 3. The van der Waals surface area contributed by atoms with Crippen molar-refractivity contribution in [3.63, 3.8) is 0 Å². The Balaban J connectivity index is 0.000000217. The van der Waals surface area contributed by atoms with Crippen LogP contribution in [0.15, 0.2) is 59.8 Å². The van der Waals surface area contributed by atoms with Gasteiger partial charge in [-0.2, -0.15) is 5.10 Å². The Hall–Kier alpha value is -3.92. The van der Waals surface area contributed by atoms with Gasteiger partial charge in [-0.1, -0.05) is 45.9 Å². The highest BCUT2D eigenvalue weighted by atomic mass is 19.3. The molecule has 2 bridgehead atoms. The number of alkyl halides is 2. The fraction of sp³-hybridized carbons (Fsp3) is 0.486. The van der Waals surface area contributed by atoms with E-state index in [0.717, 1.165) is 18.2 Å². The first-order chi connectivity index (χ1) is 21.0. The Bertz CT molecular complexity index is 1590. The number of carboxylic acids is 1. The van der Waals surface area contributed by atoms with Gasteiger partial charge in [-0.3, -0.25) is 14.3 Å². The minimum atomic E-state index is -2.78. The number of anilines is 1. The van der Waals surface area contributed by atoms with Crippen molar-refractivity contribution in [3.8, 4) is 0 Å². The maximum Gasteiger partial charge on any atom is 0.328 e. The van der Waals surface area contributed by atoms with Gasteiger partial charge in [0.2, 0.25) is 0 Å². The first kappa shape index (κ1) is 34.0. The molecule has 0 spiro atoms. The number of benzene rings is 1. The maximum atomic E-state index is 13.2. The van der Waals surface area contributed by atoms with E-state index in [9.17, 15) is 28.3 Å². The van der Waals surface area contributed by atoms with Gasteiger partial charge in [0.25, 0.3) is 12.3 Å². The normalized spacial score (nSPS) is 25.3. The van der Waals surface area contributed by atoms with Gasteiger partial charge in [-0.15, -0.1) is 0 Å². The molecule has 1 unspecified atom stereocenters. The van der Waals surface area contributed by atoms with Gasteiger partial charge < -0.3 is 15.5 Å². The molecule has 4 atom stereocenters. The van der Waals surface area contributed by atoms with Crippen LogP contribution < -0.4 is 5.32 Å². The summed E-state index contributed by atoms with van der Waals surface area (Å²) in [6, 6.07) is 5.98. The van der Waals surface area contributed by atoms with Crippen molar-refractivity contribution < 1.29 is 33.4 Å². The predicted molar refractivity (Wildman–Crippen MR) is 168 cm³/mol. The number of ketones is 1. The van der Waals surface area contributed by atoms with Crippen LogP contribution in [0.3, 0.4) is 0 Å². The van der Waals surface area contributed by atoms with Crippen molar-refractivity contribution >= 4 is 23.3 Å². The molecule has 1 amide bonds. The number of aliphatic hydroxyl groups is 1. The lowest BCUT2D eigenvalue weighted by atomic mass is 9.64. The summed E-state index contributed by atoms with van der Waals surface area (Å²) in [5, 5.41) is 26.0. The average Bonchev–Trinajstić information content (AvgIpc) is 3.63. The molecule has 0 aliphatic heterocycles. The van der Waals surface area contributed by atoms with Crippen LogP contribution in [0, 0.1) is 17.3 Å². The molecule has 45 heavy (non-hydrogen) atoms. The average molecular weight is 624 g/mol. The summed E-state index contributed by atoms with van der Waals surface area (Å²) in [7, 11) is 1.54. The van der Waals surface area contributed by atoms with Gasteiger partial charge >= 0.3 is 5.97 Å². The van der Waals surface area contributed by atoms with Gasteiger partial charge in [0.1, 0.15) is 11.3 Å². The maximum absolute atomic E-state index is 13.2. The van der Waals surface area contributed by atoms with E-state index in [0.29, 0.717) is 34.8 Å². The molecule has 8 nitrogen and oxygen atoms in total. The van der Waals surface area contributed by atoms with Gasteiger partial charge in [0.15, 0.2) is 5.78 Å². The fourth-order valence-electron chi connectivity index (χ4n) is 7.47. The highest BCUT2D eigenvalue weighted by Crippen LogP contribution is 2.61. The highest BCUT2D eigenvalue weighted by Gasteiger charge is 2.48. The first-order valence-electron chi connectivity index (χ1n) is 15.3. The van der Waals surface area contributed by atoms with E-state index >= 15 is 0 Å². The monoisotopic (exact) mass is 623 g/mol. The van der Waals surface area contributed by atoms with Crippen molar-refractivity contribution in [1.82, 2.24) is 9.78 Å².